The number of phenolic OH excluding ortho intramolecular Hbond substituents is 1. The Hall–Kier alpha value is -2.21. The molecular formula is C14H16N2O3S. The highest BCUT2D eigenvalue weighted by molar-refractivity contribution is 7.92. The maximum atomic E-state index is 12.2. The highest BCUT2D eigenvalue weighted by atomic mass is 32.2. The van der Waals surface area contributed by atoms with E-state index in [4.69, 9.17) is 0 Å². The molecule has 0 aliphatic heterocycles. The maximum absolute atomic E-state index is 12.2. The number of para-hydroxylation sites is 1. The molecular weight excluding hydrogens is 276 g/mol. The van der Waals surface area contributed by atoms with Crippen LogP contribution in [-0.4, -0.2) is 27.6 Å². The molecule has 0 aromatic heterocycles. The molecule has 0 aliphatic rings. The minimum Gasteiger partial charge on any atom is -0.507 e. The average molecular weight is 292 g/mol. The fourth-order valence-corrected chi connectivity index (χ4v) is 2.88. The first-order chi connectivity index (χ1) is 9.40. The Balaban J connectivity index is 2.27. The zero-order valence-electron chi connectivity index (χ0n) is 11.2. The van der Waals surface area contributed by atoms with Gasteiger partial charge in [0.15, 0.2) is 0 Å². The fraction of sp³-hybridized carbons (Fsp3) is 0.143. The van der Waals surface area contributed by atoms with Crippen LogP contribution in [0.4, 0.5) is 11.4 Å². The van der Waals surface area contributed by atoms with E-state index in [2.05, 4.69) is 4.72 Å². The molecule has 0 bridgehead atoms. The van der Waals surface area contributed by atoms with E-state index in [0.29, 0.717) is 5.69 Å². The van der Waals surface area contributed by atoms with Gasteiger partial charge in [-0.2, -0.15) is 0 Å². The quantitative estimate of drug-likeness (QED) is 0.907. The molecule has 0 saturated carbocycles. The van der Waals surface area contributed by atoms with Crippen LogP contribution < -0.4 is 9.62 Å². The summed E-state index contributed by atoms with van der Waals surface area (Å²) in [6.07, 6.45) is 0. The van der Waals surface area contributed by atoms with Crippen molar-refractivity contribution in [2.45, 2.75) is 4.90 Å². The van der Waals surface area contributed by atoms with Crippen LogP contribution in [0, 0.1) is 0 Å². The molecule has 2 N–H and O–H groups in total. The standard InChI is InChI=1S/C14H16N2O3S/c1-16(2)12-9-7-11(8-10-12)15-20(18,19)14-6-4-3-5-13(14)17/h3-10,15,17H,1-2H3. The number of rotatable bonds is 4. The maximum Gasteiger partial charge on any atom is 0.265 e. The zero-order valence-corrected chi connectivity index (χ0v) is 12.1. The molecule has 0 unspecified atom stereocenters. The van der Waals surface area contributed by atoms with Gasteiger partial charge in [-0.3, -0.25) is 4.72 Å². The molecule has 0 heterocycles. The molecule has 0 spiro atoms. The number of sulfonamides is 1. The molecule has 0 radical (unpaired) electrons. The van der Waals surface area contributed by atoms with Gasteiger partial charge in [0.05, 0.1) is 0 Å². The number of hydrogen-bond donors (Lipinski definition) is 2. The molecule has 0 aliphatic carbocycles. The van der Waals surface area contributed by atoms with Crippen LogP contribution in [0.5, 0.6) is 5.75 Å². The van der Waals surface area contributed by atoms with Crippen LogP contribution in [0.3, 0.4) is 0 Å². The van der Waals surface area contributed by atoms with Gasteiger partial charge in [-0.15, -0.1) is 0 Å². The lowest BCUT2D eigenvalue weighted by molar-refractivity contribution is 0.459. The Morgan fingerprint density at radius 1 is 1.00 bits per heavy atom. The molecule has 0 amide bonds. The van der Waals surface area contributed by atoms with Gasteiger partial charge < -0.3 is 10.0 Å². The summed E-state index contributed by atoms with van der Waals surface area (Å²) >= 11 is 0. The summed E-state index contributed by atoms with van der Waals surface area (Å²) in [5.74, 6) is -0.273. The van der Waals surface area contributed by atoms with Crippen molar-refractivity contribution in [2.24, 2.45) is 0 Å². The van der Waals surface area contributed by atoms with Gasteiger partial charge in [0.1, 0.15) is 10.6 Å². The Morgan fingerprint density at radius 2 is 1.60 bits per heavy atom. The van der Waals surface area contributed by atoms with Crippen LogP contribution in [0.25, 0.3) is 0 Å². The Kier molecular flexibility index (Phi) is 3.85. The summed E-state index contributed by atoms with van der Waals surface area (Å²) in [6.45, 7) is 0. The van der Waals surface area contributed by atoms with Gasteiger partial charge >= 0.3 is 0 Å². The van der Waals surface area contributed by atoms with Gasteiger partial charge in [-0.25, -0.2) is 8.42 Å². The smallest absolute Gasteiger partial charge is 0.265 e. The van der Waals surface area contributed by atoms with Gasteiger partial charge in [0.2, 0.25) is 0 Å². The van der Waals surface area contributed by atoms with Crippen molar-refractivity contribution in [3.05, 3.63) is 48.5 Å². The largest absolute Gasteiger partial charge is 0.507 e. The van der Waals surface area contributed by atoms with Gasteiger partial charge in [-0.1, -0.05) is 12.1 Å². The van der Waals surface area contributed by atoms with E-state index in [1.165, 1.54) is 12.1 Å². The third kappa shape index (κ3) is 3.03. The minimum atomic E-state index is -3.79. The number of aromatic hydroxyl groups is 1. The number of phenols is 1. The first-order valence-corrected chi connectivity index (χ1v) is 7.47. The minimum absolute atomic E-state index is 0.142. The second-order valence-corrected chi connectivity index (χ2v) is 6.17. The van der Waals surface area contributed by atoms with Crippen LogP contribution in [-0.2, 0) is 10.0 Å². The Labute approximate surface area is 118 Å². The van der Waals surface area contributed by atoms with E-state index in [9.17, 15) is 13.5 Å². The Bertz CT molecular complexity index is 695. The van der Waals surface area contributed by atoms with E-state index in [1.807, 2.05) is 31.1 Å². The number of hydrogen-bond acceptors (Lipinski definition) is 4. The number of nitrogens with zero attached hydrogens (tertiary/aromatic N) is 1. The molecule has 0 fully saturated rings. The zero-order chi connectivity index (χ0) is 14.8. The second kappa shape index (κ2) is 5.42. The first kappa shape index (κ1) is 14.2. The second-order valence-electron chi connectivity index (χ2n) is 4.51. The lowest BCUT2D eigenvalue weighted by atomic mass is 10.3. The summed E-state index contributed by atoms with van der Waals surface area (Å²) < 4.78 is 26.8. The SMILES string of the molecule is CN(C)c1ccc(NS(=O)(=O)c2ccccc2O)cc1. The first-order valence-electron chi connectivity index (χ1n) is 5.98. The summed E-state index contributed by atoms with van der Waals surface area (Å²) in [5, 5.41) is 9.62. The van der Waals surface area contributed by atoms with Crippen molar-refractivity contribution in [3.8, 4) is 5.75 Å². The van der Waals surface area contributed by atoms with Gasteiger partial charge in [0, 0.05) is 25.5 Å². The number of anilines is 2. The highest BCUT2D eigenvalue weighted by Crippen LogP contribution is 2.24. The van der Waals surface area contributed by atoms with E-state index < -0.39 is 10.0 Å². The van der Waals surface area contributed by atoms with Crippen LogP contribution in [0.15, 0.2) is 53.4 Å². The molecule has 2 aromatic carbocycles. The topological polar surface area (TPSA) is 69.6 Å². The highest BCUT2D eigenvalue weighted by Gasteiger charge is 2.17. The van der Waals surface area contributed by atoms with Gasteiger partial charge in [0.25, 0.3) is 10.0 Å². The molecule has 0 saturated heterocycles. The lowest BCUT2D eigenvalue weighted by Crippen LogP contribution is -2.13. The Morgan fingerprint density at radius 3 is 2.15 bits per heavy atom. The van der Waals surface area contributed by atoms with Gasteiger partial charge in [-0.05, 0) is 36.4 Å². The summed E-state index contributed by atoms with van der Waals surface area (Å²) in [4.78, 5) is 1.78. The lowest BCUT2D eigenvalue weighted by Gasteiger charge is -2.13. The predicted octanol–water partition coefficient (Wildman–Crippen LogP) is 2.26. The summed E-state index contributed by atoms with van der Waals surface area (Å²) in [5.41, 5.74) is 1.41. The molecule has 0 atom stereocenters. The molecule has 2 rings (SSSR count). The molecule has 2 aromatic rings. The fourth-order valence-electron chi connectivity index (χ4n) is 1.72. The third-order valence-electron chi connectivity index (χ3n) is 2.79. The molecule has 5 nitrogen and oxygen atoms in total. The van der Waals surface area contributed by atoms with Crippen molar-refractivity contribution in [3.63, 3.8) is 0 Å². The normalized spacial score (nSPS) is 11.1. The van der Waals surface area contributed by atoms with Crippen molar-refractivity contribution in [1.29, 1.82) is 0 Å². The number of nitrogens with one attached hydrogen (secondary N) is 1. The molecule has 6 heteroatoms. The van der Waals surface area contributed by atoms with E-state index in [1.54, 1.807) is 24.3 Å². The van der Waals surface area contributed by atoms with E-state index in [-0.39, 0.29) is 10.6 Å². The predicted molar refractivity (Wildman–Crippen MR) is 79.7 cm³/mol. The summed E-state index contributed by atoms with van der Waals surface area (Å²) in [6, 6.07) is 12.8. The average Bonchev–Trinajstić information content (AvgIpc) is 2.39. The van der Waals surface area contributed by atoms with Crippen molar-refractivity contribution >= 4 is 21.4 Å². The van der Waals surface area contributed by atoms with E-state index >= 15 is 0 Å². The van der Waals surface area contributed by atoms with E-state index in [0.717, 1.165) is 5.69 Å². The summed E-state index contributed by atoms with van der Waals surface area (Å²) in [7, 11) is 0.0172. The molecule has 20 heavy (non-hydrogen) atoms. The van der Waals surface area contributed by atoms with Crippen LogP contribution in [0.1, 0.15) is 0 Å². The van der Waals surface area contributed by atoms with Crippen LogP contribution in [0.2, 0.25) is 0 Å². The number of benzene rings is 2. The van der Waals surface area contributed by atoms with Crippen LogP contribution >= 0.6 is 0 Å². The monoisotopic (exact) mass is 292 g/mol. The molecule has 106 valence electrons. The van der Waals surface area contributed by atoms with Crippen molar-refractivity contribution in [2.75, 3.05) is 23.7 Å². The van der Waals surface area contributed by atoms with Crippen molar-refractivity contribution in [1.82, 2.24) is 0 Å². The third-order valence-corrected chi connectivity index (χ3v) is 4.22. The van der Waals surface area contributed by atoms with Crippen molar-refractivity contribution < 1.29 is 13.5 Å².